The number of ketones is 1. The summed E-state index contributed by atoms with van der Waals surface area (Å²) in [5.41, 5.74) is 4.38. The molecular formula is C31H35NO6. The van der Waals surface area contributed by atoms with Crippen molar-refractivity contribution >= 4 is 11.8 Å². The molecule has 0 aromatic heterocycles. The summed E-state index contributed by atoms with van der Waals surface area (Å²) >= 11 is 0. The zero-order valence-corrected chi connectivity index (χ0v) is 22.2. The van der Waals surface area contributed by atoms with Crippen molar-refractivity contribution in [2.24, 2.45) is 0 Å². The van der Waals surface area contributed by atoms with Crippen LogP contribution in [-0.2, 0) is 14.3 Å². The van der Waals surface area contributed by atoms with Gasteiger partial charge in [0, 0.05) is 29.3 Å². The third-order valence-electron chi connectivity index (χ3n) is 7.98. The topological polar surface area (TPSA) is 94.1 Å². The Hall–Kier alpha value is -3.74. The molecule has 2 aliphatic carbocycles. The maximum Gasteiger partial charge on any atom is 0.337 e. The highest BCUT2D eigenvalue weighted by atomic mass is 16.5. The van der Waals surface area contributed by atoms with Gasteiger partial charge in [-0.1, -0.05) is 24.6 Å². The molecule has 0 radical (unpaired) electrons. The van der Waals surface area contributed by atoms with E-state index in [0.29, 0.717) is 41.2 Å². The molecule has 5 rings (SSSR count). The van der Waals surface area contributed by atoms with Crippen LogP contribution in [0.25, 0.3) is 0 Å². The Kier molecular flexibility index (Phi) is 7.45. The lowest BCUT2D eigenvalue weighted by atomic mass is 9.71. The van der Waals surface area contributed by atoms with Crippen LogP contribution in [0, 0.1) is 0 Å². The largest absolute Gasteiger partial charge is 0.508 e. The van der Waals surface area contributed by atoms with Crippen molar-refractivity contribution in [2.45, 2.75) is 69.8 Å². The quantitative estimate of drug-likeness (QED) is 0.479. The van der Waals surface area contributed by atoms with Crippen LogP contribution in [0.5, 0.6) is 17.2 Å². The number of esters is 1. The van der Waals surface area contributed by atoms with E-state index >= 15 is 0 Å². The highest BCUT2D eigenvalue weighted by Crippen LogP contribution is 2.47. The number of carbonyl (C=O) groups is 2. The molecule has 3 aliphatic rings. The molecule has 1 heterocycles. The molecule has 2 atom stereocenters. The normalized spacial score (nSPS) is 22.0. The van der Waals surface area contributed by atoms with Crippen LogP contribution in [0.4, 0.5) is 0 Å². The Bertz CT molecular complexity index is 1290. The van der Waals surface area contributed by atoms with Crippen LogP contribution in [-0.4, -0.2) is 37.2 Å². The number of rotatable bonds is 6. The molecule has 1 saturated carbocycles. The van der Waals surface area contributed by atoms with Crippen LogP contribution in [0.1, 0.15) is 74.8 Å². The van der Waals surface area contributed by atoms with Gasteiger partial charge < -0.3 is 24.6 Å². The first kappa shape index (κ1) is 25.9. The van der Waals surface area contributed by atoms with Crippen molar-refractivity contribution in [1.82, 2.24) is 5.32 Å². The van der Waals surface area contributed by atoms with Crippen molar-refractivity contribution in [3.05, 3.63) is 76.1 Å². The minimum absolute atomic E-state index is 0.00734. The maximum atomic E-state index is 13.8. The standard InChI is InChI=1S/C31H35NO6/c1-18-28(31(35)38-23-7-5-4-6-8-23)29(19-9-12-22(33)13-10-19)30-24(32-18)15-21(16-25(30)34)20-11-14-26(36-2)27(17-20)37-3/h9-14,17,21,23,29,32-33H,4-8,15-16H2,1-3H3/t21-,29-/m1/s1. The molecule has 200 valence electrons. The number of dihydropyridines is 1. The van der Waals surface area contributed by atoms with Crippen LogP contribution >= 0.6 is 0 Å². The summed E-state index contributed by atoms with van der Waals surface area (Å²) in [4.78, 5) is 27.4. The Morgan fingerprint density at radius 1 is 0.921 bits per heavy atom. The highest BCUT2D eigenvalue weighted by molar-refractivity contribution is 6.04. The predicted octanol–water partition coefficient (Wildman–Crippen LogP) is 5.65. The SMILES string of the molecule is COc1ccc([C@H]2CC(=O)C3=C(C2)NC(C)=C(C(=O)OC2CCCCC2)[C@H]3c2ccc(O)cc2)cc1OC. The Morgan fingerprint density at radius 3 is 2.29 bits per heavy atom. The number of phenolic OH excluding ortho intramolecular Hbond substituents is 1. The first-order chi connectivity index (χ1) is 18.4. The lowest BCUT2D eigenvalue weighted by Crippen LogP contribution is -2.37. The van der Waals surface area contributed by atoms with Gasteiger partial charge in [0.05, 0.1) is 19.8 Å². The summed E-state index contributed by atoms with van der Waals surface area (Å²) in [5.74, 6) is 0.418. The van der Waals surface area contributed by atoms with Gasteiger partial charge >= 0.3 is 5.97 Å². The van der Waals surface area contributed by atoms with Crippen molar-refractivity contribution in [3.63, 3.8) is 0 Å². The molecule has 0 saturated heterocycles. The van der Waals surface area contributed by atoms with Gasteiger partial charge in [-0.25, -0.2) is 4.79 Å². The number of hydrogen-bond acceptors (Lipinski definition) is 7. The Labute approximate surface area is 223 Å². The van der Waals surface area contributed by atoms with E-state index in [1.54, 1.807) is 38.5 Å². The van der Waals surface area contributed by atoms with E-state index < -0.39 is 5.92 Å². The average molecular weight is 518 g/mol. The van der Waals surface area contributed by atoms with E-state index in [2.05, 4.69) is 5.32 Å². The summed E-state index contributed by atoms with van der Waals surface area (Å²) in [6.45, 7) is 1.87. The van der Waals surface area contributed by atoms with Gasteiger partial charge in [0.15, 0.2) is 17.3 Å². The molecule has 0 bridgehead atoms. The molecule has 0 amide bonds. The molecule has 2 aromatic rings. The molecular weight excluding hydrogens is 482 g/mol. The van der Waals surface area contributed by atoms with Gasteiger partial charge in [-0.15, -0.1) is 0 Å². The predicted molar refractivity (Wildman–Crippen MR) is 143 cm³/mol. The zero-order valence-electron chi connectivity index (χ0n) is 22.2. The van der Waals surface area contributed by atoms with Gasteiger partial charge in [0.1, 0.15) is 11.9 Å². The monoisotopic (exact) mass is 517 g/mol. The summed E-state index contributed by atoms with van der Waals surface area (Å²) in [6, 6.07) is 12.5. The fourth-order valence-electron chi connectivity index (χ4n) is 6.05. The number of methoxy groups -OCH3 is 2. The van der Waals surface area contributed by atoms with Crippen LogP contribution in [0.15, 0.2) is 65.0 Å². The molecule has 2 aromatic carbocycles. The van der Waals surface area contributed by atoms with Gasteiger partial charge in [0.25, 0.3) is 0 Å². The van der Waals surface area contributed by atoms with Crippen molar-refractivity contribution < 1.29 is 28.9 Å². The van der Waals surface area contributed by atoms with E-state index in [1.165, 1.54) is 6.42 Å². The number of aromatic hydroxyl groups is 1. The smallest absolute Gasteiger partial charge is 0.337 e. The second kappa shape index (κ2) is 10.9. The fourth-order valence-corrected chi connectivity index (χ4v) is 6.05. The van der Waals surface area contributed by atoms with E-state index in [4.69, 9.17) is 14.2 Å². The first-order valence-electron chi connectivity index (χ1n) is 13.4. The van der Waals surface area contributed by atoms with E-state index in [1.807, 2.05) is 25.1 Å². The third kappa shape index (κ3) is 5.02. The zero-order chi connectivity index (χ0) is 26.8. The number of phenols is 1. The summed E-state index contributed by atoms with van der Waals surface area (Å²) in [6.07, 6.45) is 5.86. The van der Waals surface area contributed by atoms with Crippen LogP contribution in [0.3, 0.4) is 0 Å². The van der Waals surface area contributed by atoms with E-state index in [-0.39, 0.29) is 29.5 Å². The number of Topliss-reactive ketones (excluding diaryl/α,β-unsaturated/α-hetero) is 1. The van der Waals surface area contributed by atoms with Gasteiger partial charge in [-0.05, 0) is 80.3 Å². The second-order valence-corrected chi connectivity index (χ2v) is 10.4. The highest BCUT2D eigenvalue weighted by Gasteiger charge is 2.42. The number of allylic oxidation sites excluding steroid dienone is 3. The molecule has 7 nitrogen and oxygen atoms in total. The summed E-state index contributed by atoms with van der Waals surface area (Å²) < 4.78 is 16.9. The molecule has 0 spiro atoms. The Balaban J connectivity index is 1.51. The molecule has 0 unspecified atom stereocenters. The molecule has 7 heteroatoms. The summed E-state index contributed by atoms with van der Waals surface area (Å²) in [5, 5.41) is 13.3. The minimum atomic E-state index is -0.554. The van der Waals surface area contributed by atoms with Gasteiger partial charge in [-0.3, -0.25) is 4.79 Å². The van der Waals surface area contributed by atoms with Crippen molar-refractivity contribution in [1.29, 1.82) is 0 Å². The van der Waals surface area contributed by atoms with Crippen LogP contribution in [0.2, 0.25) is 0 Å². The summed E-state index contributed by atoms with van der Waals surface area (Å²) in [7, 11) is 3.20. The third-order valence-corrected chi connectivity index (χ3v) is 7.98. The number of ether oxygens (including phenoxy) is 3. The number of nitrogens with one attached hydrogen (secondary N) is 1. The van der Waals surface area contributed by atoms with Crippen molar-refractivity contribution in [2.75, 3.05) is 14.2 Å². The van der Waals surface area contributed by atoms with Crippen LogP contribution < -0.4 is 14.8 Å². The lowest BCUT2D eigenvalue weighted by Gasteiger charge is -2.37. The molecule has 1 aliphatic heterocycles. The van der Waals surface area contributed by atoms with Gasteiger partial charge in [-0.2, -0.15) is 0 Å². The number of hydrogen-bond donors (Lipinski definition) is 2. The average Bonchev–Trinajstić information content (AvgIpc) is 2.92. The van der Waals surface area contributed by atoms with Gasteiger partial charge in [0.2, 0.25) is 0 Å². The minimum Gasteiger partial charge on any atom is -0.508 e. The maximum absolute atomic E-state index is 13.8. The second-order valence-electron chi connectivity index (χ2n) is 10.4. The van der Waals surface area contributed by atoms with E-state index in [9.17, 15) is 14.7 Å². The number of benzene rings is 2. The number of carbonyl (C=O) groups excluding carboxylic acids is 2. The van der Waals surface area contributed by atoms with E-state index in [0.717, 1.165) is 42.5 Å². The fraction of sp³-hybridized carbons (Fsp3) is 0.419. The lowest BCUT2D eigenvalue weighted by molar-refractivity contribution is -0.146. The molecule has 2 N–H and O–H groups in total. The van der Waals surface area contributed by atoms with Crippen molar-refractivity contribution in [3.8, 4) is 17.2 Å². The molecule has 1 fully saturated rings. The first-order valence-corrected chi connectivity index (χ1v) is 13.4. The molecule has 38 heavy (non-hydrogen) atoms. The Morgan fingerprint density at radius 2 is 1.61 bits per heavy atom.